The van der Waals surface area contributed by atoms with Crippen LogP contribution in [0.3, 0.4) is 0 Å². The molecule has 2 saturated heterocycles. The first-order chi connectivity index (χ1) is 17.3. The van der Waals surface area contributed by atoms with Crippen LogP contribution in [0.4, 0.5) is 5.69 Å². The molecule has 3 heterocycles. The molecule has 1 aromatic carbocycles. The zero-order chi connectivity index (χ0) is 25.7. The van der Waals surface area contributed by atoms with Crippen LogP contribution in [0.1, 0.15) is 65.7 Å². The van der Waals surface area contributed by atoms with E-state index < -0.39 is 35.6 Å². The molecule has 4 rings (SSSR count). The van der Waals surface area contributed by atoms with E-state index in [0.717, 1.165) is 43.5 Å². The fourth-order valence-electron chi connectivity index (χ4n) is 5.02. The zero-order valence-corrected chi connectivity index (χ0v) is 20.2. The molecule has 4 amide bonds. The van der Waals surface area contributed by atoms with Crippen molar-refractivity contribution in [3.05, 3.63) is 29.3 Å². The number of nitrogens with one attached hydrogen (secondary N) is 2. The molecule has 0 aromatic heterocycles. The SMILES string of the molecule is O=C(O)CN1CCCC(OCCCCCNc2cccc3c2C(=O)N(C2CCC(=O)NC2=O)C3=O)C1. The smallest absolute Gasteiger partial charge is 0.317 e. The van der Waals surface area contributed by atoms with Gasteiger partial charge in [0.1, 0.15) is 6.04 Å². The largest absolute Gasteiger partial charge is 0.480 e. The third-order valence-electron chi connectivity index (χ3n) is 6.78. The number of piperidine rings is 2. The monoisotopic (exact) mass is 500 g/mol. The van der Waals surface area contributed by atoms with Crippen molar-refractivity contribution in [1.82, 2.24) is 15.1 Å². The first-order valence-electron chi connectivity index (χ1n) is 12.5. The third-order valence-corrected chi connectivity index (χ3v) is 6.78. The summed E-state index contributed by atoms with van der Waals surface area (Å²) in [5.41, 5.74) is 1.07. The van der Waals surface area contributed by atoms with Gasteiger partial charge in [0.25, 0.3) is 11.8 Å². The zero-order valence-electron chi connectivity index (χ0n) is 20.2. The Labute approximate surface area is 209 Å². The van der Waals surface area contributed by atoms with Gasteiger partial charge in [0.2, 0.25) is 11.8 Å². The second-order valence-corrected chi connectivity index (χ2v) is 9.43. The third kappa shape index (κ3) is 5.90. The highest BCUT2D eigenvalue weighted by Gasteiger charge is 2.45. The first kappa shape index (κ1) is 25.8. The Morgan fingerprint density at radius 1 is 1.11 bits per heavy atom. The van der Waals surface area contributed by atoms with E-state index in [2.05, 4.69) is 10.6 Å². The first-order valence-corrected chi connectivity index (χ1v) is 12.5. The molecule has 3 aliphatic rings. The van der Waals surface area contributed by atoms with Crippen molar-refractivity contribution in [1.29, 1.82) is 0 Å². The van der Waals surface area contributed by atoms with Crippen molar-refractivity contribution >= 4 is 35.3 Å². The van der Waals surface area contributed by atoms with Gasteiger partial charge in [0, 0.05) is 31.8 Å². The number of hydrogen-bond donors (Lipinski definition) is 3. The Balaban J connectivity index is 1.22. The number of ether oxygens (including phenoxy) is 1. The molecule has 2 fully saturated rings. The number of amides is 4. The highest BCUT2D eigenvalue weighted by atomic mass is 16.5. The molecule has 11 heteroatoms. The molecule has 11 nitrogen and oxygen atoms in total. The van der Waals surface area contributed by atoms with E-state index in [1.54, 1.807) is 18.2 Å². The summed E-state index contributed by atoms with van der Waals surface area (Å²) >= 11 is 0. The summed E-state index contributed by atoms with van der Waals surface area (Å²) in [5.74, 6) is -2.89. The van der Waals surface area contributed by atoms with Crippen LogP contribution in [-0.4, -0.2) is 89.4 Å². The van der Waals surface area contributed by atoms with E-state index in [4.69, 9.17) is 9.84 Å². The topological polar surface area (TPSA) is 145 Å². The van der Waals surface area contributed by atoms with Crippen molar-refractivity contribution in [2.24, 2.45) is 0 Å². The van der Waals surface area contributed by atoms with E-state index in [0.29, 0.717) is 25.4 Å². The van der Waals surface area contributed by atoms with Gasteiger partial charge >= 0.3 is 5.97 Å². The number of benzene rings is 1. The summed E-state index contributed by atoms with van der Waals surface area (Å²) in [4.78, 5) is 63.5. The number of aliphatic carboxylic acids is 1. The number of nitrogens with zero attached hydrogens (tertiary/aromatic N) is 2. The number of carbonyl (C=O) groups excluding carboxylic acids is 4. The number of unbranched alkanes of at least 4 members (excludes halogenated alkanes) is 2. The van der Waals surface area contributed by atoms with Crippen LogP contribution in [0.5, 0.6) is 0 Å². The fraction of sp³-hybridized carbons (Fsp3) is 0.560. The lowest BCUT2D eigenvalue weighted by molar-refractivity contribution is -0.139. The normalized spacial score (nSPS) is 22.5. The second kappa shape index (κ2) is 11.6. The Morgan fingerprint density at radius 3 is 2.72 bits per heavy atom. The van der Waals surface area contributed by atoms with Crippen molar-refractivity contribution in [3.63, 3.8) is 0 Å². The molecule has 0 saturated carbocycles. The maximum absolute atomic E-state index is 13.1. The van der Waals surface area contributed by atoms with Crippen LogP contribution >= 0.6 is 0 Å². The van der Waals surface area contributed by atoms with Gasteiger partial charge in [-0.05, 0) is 57.2 Å². The van der Waals surface area contributed by atoms with Crippen LogP contribution in [0.25, 0.3) is 0 Å². The summed E-state index contributed by atoms with van der Waals surface area (Å²) in [5, 5.41) is 14.4. The number of likely N-dealkylation sites (tertiary alicyclic amines) is 1. The van der Waals surface area contributed by atoms with Gasteiger partial charge in [-0.3, -0.25) is 39.1 Å². The van der Waals surface area contributed by atoms with Crippen molar-refractivity contribution in [3.8, 4) is 0 Å². The van der Waals surface area contributed by atoms with Gasteiger partial charge in [0.05, 0.1) is 23.8 Å². The van der Waals surface area contributed by atoms with Crippen LogP contribution in [0, 0.1) is 0 Å². The molecule has 0 spiro atoms. The van der Waals surface area contributed by atoms with E-state index in [1.165, 1.54) is 0 Å². The minimum absolute atomic E-state index is 0.0497. The molecule has 36 heavy (non-hydrogen) atoms. The minimum Gasteiger partial charge on any atom is -0.480 e. The van der Waals surface area contributed by atoms with Crippen molar-refractivity contribution in [2.75, 3.05) is 38.1 Å². The molecule has 0 aliphatic carbocycles. The summed E-state index contributed by atoms with van der Waals surface area (Å²) in [6.45, 7) is 2.70. The molecule has 2 unspecified atom stereocenters. The average Bonchev–Trinajstić information content (AvgIpc) is 3.09. The predicted octanol–water partition coefficient (Wildman–Crippen LogP) is 1.24. The number of hydrogen-bond acceptors (Lipinski definition) is 8. The van der Waals surface area contributed by atoms with Gasteiger partial charge in [0.15, 0.2) is 0 Å². The fourth-order valence-corrected chi connectivity index (χ4v) is 5.02. The van der Waals surface area contributed by atoms with Gasteiger partial charge < -0.3 is 15.2 Å². The number of anilines is 1. The van der Waals surface area contributed by atoms with Gasteiger partial charge in [-0.2, -0.15) is 0 Å². The lowest BCUT2D eigenvalue weighted by atomic mass is 10.0. The summed E-state index contributed by atoms with van der Waals surface area (Å²) < 4.78 is 5.93. The van der Waals surface area contributed by atoms with Crippen LogP contribution in [0.2, 0.25) is 0 Å². The highest BCUT2D eigenvalue weighted by molar-refractivity contribution is 6.25. The van der Waals surface area contributed by atoms with Crippen molar-refractivity contribution < 1.29 is 33.8 Å². The molecule has 194 valence electrons. The van der Waals surface area contributed by atoms with Gasteiger partial charge in [-0.1, -0.05) is 6.07 Å². The summed E-state index contributed by atoms with van der Waals surface area (Å²) in [6, 6.07) is 4.04. The Hall–Kier alpha value is -3.31. The van der Waals surface area contributed by atoms with Gasteiger partial charge in [-0.15, -0.1) is 0 Å². The Bertz CT molecular complexity index is 1040. The molecule has 0 bridgehead atoms. The summed E-state index contributed by atoms with van der Waals surface area (Å²) in [7, 11) is 0. The maximum atomic E-state index is 13.1. The Morgan fingerprint density at radius 2 is 1.94 bits per heavy atom. The van der Waals surface area contributed by atoms with Crippen LogP contribution in [0.15, 0.2) is 18.2 Å². The molecular formula is C25H32N4O7. The standard InChI is InChI=1S/C25H32N4O7/c30-20-10-9-19(23(33)27-20)29-24(34)17-7-4-8-18(22(17)25(29)35)26-11-2-1-3-13-36-16-6-5-12-28(14-16)15-21(31)32/h4,7-8,16,19,26H,1-3,5-6,9-15H2,(H,31,32)(H,27,30,33). The number of carboxylic acid groups (broad SMARTS) is 1. The van der Waals surface area contributed by atoms with Gasteiger partial charge in [-0.25, -0.2) is 0 Å². The molecule has 2 atom stereocenters. The maximum Gasteiger partial charge on any atom is 0.317 e. The number of fused-ring (bicyclic) bond motifs is 1. The lowest BCUT2D eigenvalue weighted by Gasteiger charge is -2.31. The predicted molar refractivity (Wildman–Crippen MR) is 129 cm³/mol. The number of carbonyl (C=O) groups is 5. The molecule has 3 aliphatic heterocycles. The number of rotatable bonds is 11. The quantitative estimate of drug-likeness (QED) is 0.302. The van der Waals surface area contributed by atoms with Crippen LogP contribution in [-0.2, 0) is 19.1 Å². The number of carboxylic acids is 1. The second-order valence-electron chi connectivity index (χ2n) is 9.43. The minimum atomic E-state index is -0.983. The van der Waals surface area contributed by atoms with Crippen LogP contribution < -0.4 is 10.6 Å². The molecule has 0 radical (unpaired) electrons. The van der Waals surface area contributed by atoms with E-state index in [1.807, 2.05) is 4.90 Å². The lowest BCUT2D eigenvalue weighted by Crippen LogP contribution is -2.54. The molecule has 1 aromatic rings. The number of imide groups is 2. The van der Waals surface area contributed by atoms with E-state index in [-0.39, 0.29) is 36.6 Å². The average molecular weight is 501 g/mol. The summed E-state index contributed by atoms with van der Waals surface area (Å²) in [6.07, 6.45) is 4.76. The van der Waals surface area contributed by atoms with Crippen molar-refractivity contribution in [2.45, 2.75) is 57.1 Å². The van der Waals surface area contributed by atoms with E-state index >= 15 is 0 Å². The highest BCUT2D eigenvalue weighted by Crippen LogP contribution is 2.32. The molecule has 3 N–H and O–H groups in total. The Kier molecular flexibility index (Phi) is 8.32. The van der Waals surface area contributed by atoms with E-state index in [9.17, 15) is 24.0 Å². The molecular weight excluding hydrogens is 468 g/mol.